The fourth-order valence-corrected chi connectivity index (χ4v) is 3.34. The first-order valence-electron chi connectivity index (χ1n) is 7.64. The van der Waals surface area contributed by atoms with Gasteiger partial charge in [0.15, 0.2) is 5.13 Å². The molecule has 2 aromatic rings. The fourth-order valence-electron chi connectivity index (χ4n) is 2.32. The number of carboxylic acid groups (broad SMARTS) is 1. The highest BCUT2D eigenvalue weighted by molar-refractivity contribution is 7.15. The molecule has 1 aromatic heterocycles. The number of hydrogen-bond donors (Lipinski definition) is 2. The summed E-state index contributed by atoms with van der Waals surface area (Å²) in [5.41, 5.74) is 3.24. The largest absolute Gasteiger partial charge is 0.481 e. The van der Waals surface area contributed by atoms with Crippen LogP contribution in [0.15, 0.2) is 24.3 Å². The molecule has 0 aliphatic heterocycles. The van der Waals surface area contributed by atoms with Gasteiger partial charge >= 0.3 is 5.97 Å². The Kier molecular flexibility index (Phi) is 5.95. The summed E-state index contributed by atoms with van der Waals surface area (Å²) in [4.78, 5) is 16.6. The minimum atomic E-state index is -0.795. The summed E-state index contributed by atoms with van der Waals surface area (Å²) in [5.74, 6) is -0.795. The molecule has 1 heterocycles. The van der Waals surface area contributed by atoms with Crippen molar-refractivity contribution in [2.24, 2.45) is 0 Å². The molecule has 118 valence electrons. The number of rotatable bonds is 8. The molecule has 0 unspecified atom stereocenters. The highest BCUT2D eigenvalue weighted by Gasteiger charge is 2.07. The first-order valence-corrected chi connectivity index (χ1v) is 8.46. The number of benzene rings is 1. The molecule has 5 heteroatoms. The van der Waals surface area contributed by atoms with Gasteiger partial charge < -0.3 is 10.4 Å². The second kappa shape index (κ2) is 7.94. The smallest absolute Gasteiger partial charge is 0.307 e. The van der Waals surface area contributed by atoms with Gasteiger partial charge in [-0.1, -0.05) is 38.1 Å². The van der Waals surface area contributed by atoms with E-state index in [2.05, 4.69) is 24.1 Å². The number of nitrogens with zero attached hydrogens (tertiary/aromatic N) is 1. The van der Waals surface area contributed by atoms with E-state index in [-0.39, 0.29) is 6.42 Å². The molecule has 0 fully saturated rings. The van der Waals surface area contributed by atoms with Crippen molar-refractivity contribution >= 4 is 22.4 Å². The third-order valence-corrected chi connectivity index (χ3v) is 4.70. The van der Waals surface area contributed by atoms with Crippen molar-refractivity contribution in [1.29, 1.82) is 0 Å². The lowest BCUT2D eigenvalue weighted by atomic mass is 10.1. The van der Waals surface area contributed by atoms with Crippen molar-refractivity contribution in [3.8, 4) is 0 Å². The first kappa shape index (κ1) is 16.5. The summed E-state index contributed by atoms with van der Waals surface area (Å²) in [6, 6.07) is 7.77. The standard InChI is InChI=1S/C17H22N2O2S/c1-3-14-15(4-2)22-17(19-14)18-10-9-12-5-7-13(8-6-12)11-16(20)21/h5-8H,3-4,9-11H2,1-2H3,(H,18,19)(H,20,21). The number of carbonyl (C=O) groups is 1. The van der Waals surface area contributed by atoms with Gasteiger partial charge in [0.2, 0.25) is 0 Å². The van der Waals surface area contributed by atoms with E-state index in [9.17, 15) is 4.79 Å². The molecule has 0 spiro atoms. The lowest BCUT2D eigenvalue weighted by Gasteiger charge is -2.04. The van der Waals surface area contributed by atoms with Crippen molar-refractivity contribution in [2.75, 3.05) is 11.9 Å². The van der Waals surface area contributed by atoms with Crippen LogP contribution in [0.3, 0.4) is 0 Å². The van der Waals surface area contributed by atoms with Crippen LogP contribution >= 0.6 is 11.3 Å². The molecule has 4 nitrogen and oxygen atoms in total. The minimum Gasteiger partial charge on any atom is -0.481 e. The van der Waals surface area contributed by atoms with Gasteiger partial charge in [-0.15, -0.1) is 11.3 Å². The average molecular weight is 318 g/mol. The molecular formula is C17H22N2O2S. The molecule has 0 saturated carbocycles. The van der Waals surface area contributed by atoms with E-state index < -0.39 is 5.97 Å². The molecule has 0 aliphatic rings. The predicted molar refractivity (Wildman–Crippen MR) is 90.8 cm³/mol. The zero-order chi connectivity index (χ0) is 15.9. The zero-order valence-corrected chi connectivity index (χ0v) is 13.9. The van der Waals surface area contributed by atoms with E-state index in [1.165, 1.54) is 16.1 Å². The monoisotopic (exact) mass is 318 g/mol. The van der Waals surface area contributed by atoms with Crippen LogP contribution < -0.4 is 5.32 Å². The normalized spacial score (nSPS) is 10.6. The summed E-state index contributed by atoms with van der Waals surface area (Å²) >= 11 is 1.74. The maximum Gasteiger partial charge on any atom is 0.307 e. The highest BCUT2D eigenvalue weighted by Crippen LogP contribution is 2.23. The molecule has 2 N–H and O–H groups in total. The third-order valence-electron chi connectivity index (χ3n) is 3.50. The predicted octanol–water partition coefficient (Wildman–Crippen LogP) is 3.55. The van der Waals surface area contributed by atoms with Crippen LogP contribution in [-0.2, 0) is 30.5 Å². The van der Waals surface area contributed by atoms with Crippen LogP contribution in [0.4, 0.5) is 5.13 Å². The van der Waals surface area contributed by atoms with Crippen LogP contribution in [0.25, 0.3) is 0 Å². The molecule has 2 rings (SSSR count). The summed E-state index contributed by atoms with van der Waals surface area (Å²) in [7, 11) is 0. The maximum absolute atomic E-state index is 10.6. The molecule has 0 atom stereocenters. The summed E-state index contributed by atoms with van der Waals surface area (Å²) in [6.45, 7) is 5.13. The lowest BCUT2D eigenvalue weighted by molar-refractivity contribution is -0.136. The molecule has 0 amide bonds. The van der Waals surface area contributed by atoms with Gasteiger partial charge in [0, 0.05) is 11.4 Å². The number of aliphatic carboxylic acids is 1. The number of thiazole rings is 1. The van der Waals surface area contributed by atoms with Crippen molar-refractivity contribution in [2.45, 2.75) is 39.5 Å². The Balaban J connectivity index is 1.85. The van der Waals surface area contributed by atoms with Crippen molar-refractivity contribution < 1.29 is 9.90 Å². The van der Waals surface area contributed by atoms with Gasteiger partial charge in [-0.25, -0.2) is 4.98 Å². The topological polar surface area (TPSA) is 62.2 Å². The maximum atomic E-state index is 10.6. The van der Waals surface area contributed by atoms with Gasteiger partial charge in [0.1, 0.15) is 0 Å². The number of nitrogens with one attached hydrogen (secondary N) is 1. The van der Waals surface area contributed by atoms with Crippen molar-refractivity contribution in [3.05, 3.63) is 46.0 Å². The van der Waals surface area contributed by atoms with Gasteiger partial charge in [0.05, 0.1) is 12.1 Å². The summed E-state index contributed by atoms with van der Waals surface area (Å²) in [5, 5.41) is 13.1. The number of aromatic nitrogens is 1. The second-order valence-corrected chi connectivity index (χ2v) is 6.24. The van der Waals surface area contributed by atoms with E-state index >= 15 is 0 Å². The van der Waals surface area contributed by atoms with Gasteiger partial charge in [0.25, 0.3) is 0 Å². The van der Waals surface area contributed by atoms with Crippen molar-refractivity contribution in [1.82, 2.24) is 4.98 Å². The third kappa shape index (κ3) is 4.56. The van der Waals surface area contributed by atoms with E-state index in [4.69, 9.17) is 5.11 Å². The Morgan fingerprint density at radius 3 is 2.41 bits per heavy atom. The van der Waals surface area contributed by atoms with Crippen LogP contribution in [0, 0.1) is 0 Å². The number of hydrogen-bond acceptors (Lipinski definition) is 4. The Hall–Kier alpha value is -1.88. The fraction of sp³-hybridized carbons (Fsp3) is 0.412. The Morgan fingerprint density at radius 2 is 1.86 bits per heavy atom. The van der Waals surface area contributed by atoms with Gasteiger partial charge in [-0.2, -0.15) is 0 Å². The number of carboxylic acids is 1. The highest BCUT2D eigenvalue weighted by atomic mass is 32.1. The SMILES string of the molecule is CCc1nc(NCCc2ccc(CC(=O)O)cc2)sc1CC. The first-order chi connectivity index (χ1) is 10.6. The van der Waals surface area contributed by atoms with Crippen LogP contribution in [-0.4, -0.2) is 22.6 Å². The van der Waals surface area contributed by atoms with Crippen LogP contribution in [0.1, 0.15) is 35.5 Å². The molecule has 0 bridgehead atoms. The second-order valence-electron chi connectivity index (χ2n) is 5.16. The molecule has 0 radical (unpaired) electrons. The summed E-state index contributed by atoms with van der Waals surface area (Å²) in [6.07, 6.45) is 2.99. The zero-order valence-electron chi connectivity index (χ0n) is 13.1. The molecule has 22 heavy (non-hydrogen) atoms. The molecule has 0 saturated heterocycles. The molecule has 0 aliphatic carbocycles. The molecule has 1 aromatic carbocycles. The number of anilines is 1. The molecular weight excluding hydrogens is 296 g/mol. The van der Waals surface area contributed by atoms with E-state index in [1.807, 2.05) is 24.3 Å². The quantitative estimate of drug-likeness (QED) is 0.781. The van der Waals surface area contributed by atoms with E-state index in [0.29, 0.717) is 0 Å². The van der Waals surface area contributed by atoms with Crippen molar-refractivity contribution in [3.63, 3.8) is 0 Å². The summed E-state index contributed by atoms with van der Waals surface area (Å²) < 4.78 is 0. The average Bonchev–Trinajstić information content (AvgIpc) is 2.91. The van der Waals surface area contributed by atoms with Gasteiger partial charge in [-0.3, -0.25) is 4.79 Å². The van der Waals surface area contributed by atoms with Gasteiger partial charge in [-0.05, 0) is 30.4 Å². The number of aryl methyl sites for hydroxylation is 2. The van der Waals surface area contributed by atoms with E-state index in [1.54, 1.807) is 11.3 Å². The van der Waals surface area contributed by atoms with E-state index in [0.717, 1.165) is 36.5 Å². The Bertz CT molecular complexity index is 599. The van der Waals surface area contributed by atoms with Crippen LogP contribution in [0.2, 0.25) is 0 Å². The minimum absolute atomic E-state index is 0.0806. The Labute approximate surface area is 135 Å². The lowest BCUT2D eigenvalue weighted by Crippen LogP contribution is -2.05. The Morgan fingerprint density at radius 1 is 1.18 bits per heavy atom. The van der Waals surface area contributed by atoms with Crippen LogP contribution in [0.5, 0.6) is 0 Å².